The minimum Gasteiger partial charge on any atom is -0.437 e. The van der Waals surface area contributed by atoms with E-state index in [0.717, 1.165) is 4.47 Å². The van der Waals surface area contributed by atoms with Crippen molar-refractivity contribution in [3.8, 4) is 11.6 Å². The van der Waals surface area contributed by atoms with Crippen molar-refractivity contribution >= 4 is 21.8 Å². The molecule has 0 spiro atoms. The number of hydrogen-bond donors (Lipinski definition) is 2. The van der Waals surface area contributed by atoms with Crippen molar-refractivity contribution in [2.24, 2.45) is 5.73 Å². The van der Waals surface area contributed by atoms with Crippen LogP contribution in [0.2, 0.25) is 0 Å². The Morgan fingerprint density at radius 3 is 2.94 bits per heavy atom. The average molecular weight is 293 g/mol. The van der Waals surface area contributed by atoms with Crippen LogP contribution in [0.1, 0.15) is 5.56 Å². The van der Waals surface area contributed by atoms with Gasteiger partial charge in [-0.3, -0.25) is 10.4 Å². The van der Waals surface area contributed by atoms with Crippen molar-refractivity contribution in [1.29, 1.82) is 5.41 Å². The van der Waals surface area contributed by atoms with E-state index in [4.69, 9.17) is 15.9 Å². The Kier molecular flexibility index (Phi) is 3.34. The van der Waals surface area contributed by atoms with Gasteiger partial charge >= 0.3 is 0 Å². The standard InChI is InChI=1S/C11H9BrN4O/c12-7-4-8(6-15-5-7)17-11-9(10(13)14)2-1-3-16-11/h1-6H,(H3,13,14). The van der Waals surface area contributed by atoms with Gasteiger partial charge in [0.15, 0.2) is 0 Å². The molecule has 0 unspecified atom stereocenters. The number of halogens is 1. The van der Waals surface area contributed by atoms with E-state index in [0.29, 0.717) is 17.2 Å². The number of ether oxygens (including phenoxy) is 1. The Hall–Kier alpha value is -1.95. The first-order valence-electron chi connectivity index (χ1n) is 4.74. The molecule has 0 saturated heterocycles. The fraction of sp³-hybridized carbons (Fsp3) is 0. The third kappa shape index (κ3) is 2.79. The van der Waals surface area contributed by atoms with Crippen LogP contribution in [0.15, 0.2) is 41.3 Å². The van der Waals surface area contributed by atoms with E-state index in [9.17, 15) is 0 Å². The number of rotatable bonds is 3. The zero-order chi connectivity index (χ0) is 12.3. The largest absolute Gasteiger partial charge is 0.437 e. The molecule has 0 aliphatic rings. The van der Waals surface area contributed by atoms with Gasteiger partial charge in [0.1, 0.15) is 11.6 Å². The number of hydrogen-bond acceptors (Lipinski definition) is 4. The molecule has 0 aliphatic carbocycles. The molecule has 2 aromatic rings. The third-order valence-electron chi connectivity index (χ3n) is 1.96. The molecule has 2 rings (SSSR count). The Labute approximate surface area is 106 Å². The first-order valence-corrected chi connectivity index (χ1v) is 5.54. The lowest BCUT2D eigenvalue weighted by Gasteiger charge is -2.08. The molecule has 5 nitrogen and oxygen atoms in total. The van der Waals surface area contributed by atoms with Crippen LogP contribution in [0.3, 0.4) is 0 Å². The molecule has 0 atom stereocenters. The highest BCUT2D eigenvalue weighted by Crippen LogP contribution is 2.23. The fourth-order valence-electron chi connectivity index (χ4n) is 1.24. The molecule has 0 amide bonds. The normalized spacial score (nSPS) is 9.94. The smallest absolute Gasteiger partial charge is 0.230 e. The van der Waals surface area contributed by atoms with Gasteiger partial charge in [0.2, 0.25) is 5.88 Å². The summed E-state index contributed by atoms with van der Waals surface area (Å²) in [4.78, 5) is 8.01. The van der Waals surface area contributed by atoms with E-state index in [1.807, 2.05) is 0 Å². The number of nitrogens with two attached hydrogens (primary N) is 1. The molecule has 2 heterocycles. The highest BCUT2D eigenvalue weighted by Gasteiger charge is 2.08. The maximum absolute atomic E-state index is 7.42. The summed E-state index contributed by atoms with van der Waals surface area (Å²) in [5, 5.41) is 7.42. The van der Waals surface area contributed by atoms with Crippen molar-refractivity contribution in [1.82, 2.24) is 9.97 Å². The van der Waals surface area contributed by atoms with Crippen molar-refractivity contribution in [2.45, 2.75) is 0 Å². The first kappa shape index (κ1) is 11.5. The molecule has 3 N–H and O–H groups in total. The van der Waals surface area contributed by atoms with E-state index < -0.39 is 0 Å². The second-order valence-electron chi connectivity index (χ2n) is 3.21. The number of aromatic nitrogens is 2. The SMILES string of the molecule is N=C(N)c1cccnc1Oc1cncc(Br)c1. The van der Waals surface area contributed by atoms with E-state index in [2.05, 4.69) is 25.9 Å². The zero-order valence-corrected chi connectivity index (χ0v) is 10.3. The third-order valence-corrected chi connectivity index (χ3v) is 2.39. The average Bonchev–Trinajstić information content (AvgIpc) is 2.29. The van der Waals surface area contributed by atoms with E-state index >= 15 is 0 Å². The van der Waals surface area contributed by atoms with Gasteiger partial charge < -0.3 is 10.5 Å². The monoisotopic (exact) mass is 292 g/mol. The van der Waals surface area contributed by atoms with Gasteiger partial charge in [-0.05, 0) is 34.1 Å². The lowest BCUT2D eigenvalue weighted by molar-refractivity contribution is 0.459. The quantitative estimate of drug-likeness (QED) is 0.671. The maximum atomic E-state index is 7.42. The Morgan fingerprint density at radius 1 is 1.41 bits per heavy atom. The first-order chi connectivity index (χ1) is 8.16. The van der Waals surface area contributed by atoms with Crippen LogP contribution < -0.4 is 10.5 Å². The van der Waals surface area contributed by atoms with Crippen LogP contribution in [0.5, 0.6) is 11.6 Å². The number of pyridine rings is 2. The molecule has 86 valence electrons. The van der Waals surface area contributed by atoms with Crippen LogP contribution in [-0.4, -0.2) is 15.8 Å². The van der Waals surface area contributed by atoms with Crippen molar-refractivity contribution in [3.05, 3.63) is 46.8 Å². The molecule has 6 heteroatoms. The summed E-state index contributed by atoms with van der Waals surface area (Å²) in [7, 11) is 0. The summed E-state index contributed by atoms with van der Waals surface area (Å²) in [6.45, 7) is 0. The summed E-state index contributed by atoms with van der Waals surface area (Å²) in [5.41, 5.74) is 5.89. The minimum atomic E-state index is -0.0870. The zero-order valence-electron chi connectivity index (χ0n) is 8.72. The topological polar surface area (TPSA) is 84.9 Å². The van der Waals surface area contributed by atoms with Crippen molar-refractivity contribution in [3.63, 3.8) is 0 Å². The second-order valence-corrected chi connectivity index (χ2v) is 4.13. The summed E-state index contributed by atoms with van der Waals surface area (Å²) >= 11 is 3.29. The predicted octanol–water partition coefficient (Wildman–Crippen LogP) is 2.32. The number of nitrogen functional groups attached to an aromatic ring is 1. The Bertz CT molecular complexity index is 559. The number of nitrogens with one attached hydrogen (secondary N) is 1. The molecule has 0 aromatic carbocycles. The number of amidine groups is 1. The van der Waals surface area contributed by atoms with Crippen LogP contribution >= 0.6 is 15.9 Å². The van der Waals surface area contributed by atoms with Crippen LogP contribution in [-0.2, 0) is 0 Å². The molecule has 0 fully saturated rings. The van der Waals surface area contributed by atoms with Crippen molar-refractivity contribution in [2.75, 3.05) is 0 Å². The predicted molar refractivity (Wildman–Crippen MR) is 67.3 cm³/mol. The molecule has 0 bridgehead atoms. The summed E-state index contributed by atoms with van der Waals surface area (Å²) in [6, 6.07) is 5.13. The molecule has 0 radical (unpaired) electrons. The lowest BCUT2D eigenvalue weighted by Crippen LogP contribution is -2.12. The Morgan fingerprint density at radius 2 is 2.24 bits per heavy atom. The lowest BCUT2D eigenvalue weighted by atomic mass is 10.2. The van der Waals surface area contributed by atoms with Gasteiger partial charge in [0.25, 0.3) is 0 Å². The molecule has 0 aliphatic heterocycles. The Balaban J connectivity index is 2.33. The van der Waals surface area contributed by atoms with E-state index in [1.54, 1.807) is 36.8 Å². The summed E-state index contributed by atoms with van der Waals surface area (Å²) in [6.07, 6.45) is 4.79. The molecular formula is C11H9BrN4O. The van der Waals surface area contributed by atoms with Gasteiger partial charge in [-0.15, -0.1) is 0 Å². The fourth-order valence-corrected chi connectivity index (χ4v) is 1.58. The molecule has 0 saturated carbocycles. The van der Waals surface area contributed by atoms with Gasteiger partial charge in [0.05, 0.1) is 11.8 Å². The van der Waals surface area contributed by atoms with Gasteiger partial charge in [0, 0.05) is 16.9 Å². The summed E-state index contributed by atoms with van der Waals surface area (Å²) < 4.78 is 6.33. The van der Waals surface area contributed by atoms with E-state index in [1.165, 1.54) is 0 Å². The molecular weight excluding hydrogens is 284 g/mol. The van der Waals surface area contributed by atoms with Crippen LogP contribution in [0.4, 0.5) is 0 Å². The maximum Gasteiger partial charge on any atom is 0.230 e. The van der Waals surface area contributed by atoms with Crippen LogP contribution in [0.25, 0.3) is 0 Å². The van der Waals surface area contributed by atoms with Gasteiger partial charge in [-0.25, -0.2) is 4.98 Å². The van der Waals surface area contributed by atoms with Crippen molar-refractivity contribution < 1.29 is 4.74 Å². The van der Waals surface area contributed by atoms with Gasteiger partial charge in [-0.1, -0.05) is 0 Å². The number of nitrogens with zero attached hydrogens (tertiary/aromatic N) is 2. The van der Waals surface area contributed by atoms with Gasteiger partial charge in [-0.2, -0.15) is 0 Å². The second kappa shape index (κ2) is 4.92. The summed E-state index contributed by atoms with van der Waals surface area (Å²) in [5.74, 6) is 0.733. The molecule has 17 heavy (non-hydrogen) atoms. The minimum absolute atomic E-state index is 0.0870. The highest BCUT2D eigenvalue weighted by molar-refractivity contribution is 9.10. The highest BCUT2D eigenvalue weighted by atomic mass is 79.9. The molecule has 2 aromatic heterocycles. The van der Waals surface area contributed by atoms with Crippen LogP contribution in [0, 0.1) is 5.41 Å². The van der Waals surface area contributed by atoms with E-state index in [-0.39, 0.29) is 5.84 Å².